The minimum Gasteiger partial charge on any atom is -0.458 e. The molecule has 0 unspecified atom stereocenters. The SMILES string of the molecule is O=C(OCCOC(=O)c1ccc(N2C(=O)c3ccccc3C2=O)cc1)c1ccccc1. The van der Waals surface area contributed by atoms with Gasteiger partial charge in [0, 0.05) is 0 Å². The lowest BCUT2D eigenvalue weighted by atomic mass is 10.1. The molecule has 0 aromatic heterocycles. The number of anilines is 1. The Morgan fingerprint density at radius 3 is 1.58 bits per heavy atom. The summed E-state index contributed by atoms with van der Waals surface area (Å²) < 4.78 is 10.2. The topological polar surface area (TPSA) is 90.0 Å². The minimum atomic E-state index is -0.607. The monoisotopic (exact) mass is 415 g/mol. The van der Waals surface area contributed by atoms with Crippen LogP contribution in [0.3, 0.4) is 0 Å². The molecule has 1 heterocycles. The van der Waals surface area contributed by atoms with Crippen molar-refractivity contribution in [2.24, 2.45) is 0 Å². The molecule has 4 rings (SSSR count). The average molecular weight is 415 g/mol. The number of benzene rings is 3. The Kier molecular flexibility index (Phi) is 5.57. The number of hydrogen-bond donors (Lipinski definition) is 0. The number of fused-ring (bicyclic) bond motifs is 1. The normalized spacial score (nSPS) is 12.5. The van der Waals surface area contributed by atoms with Crippen LogP contribution in [0, 0.1) is 0 Å². The first-order chi connectivity index (χ1) is 15.1. The first kappa shape index (κ1) is 20.0. The molecule has 0 N–H and O–H groups in total. The second-order valence-corrected chi connectivity index (χ2v) is 6.68. The summed E-state index contributed by atoms with van der Waals surface area (Å²) in [4.78, 5) is 50.2. The molecule has 7 heteroatoms. The number of ether oxygens (including phenoxy) is 2. The molecule has 3 aromatic rings. The lowest BCUT2D eigenvalue weighted by molar-refractivity contribution is 0.0265. The average Bonchev–Trinajstić information content (AvgIpc) is 3.07. The van der Waals surface area contributed by atoms with Gasteiger partial charge >= 0.3 is 11.9 Å². The van der Waals surface area contributed by atoms with Gasteiger partial charge in [-0.2, -0.15) is 0 Å². The molecular weight excluding hydrogens is 398 g/mol. The van der Waals surface area contributed by atoms with Crippen molar-refractivity contribution in [3.8, 4) is 0 Å². The number of imide groups is 1. The van der Waals surface area contributed by atoms with E-state index in [2.05, 4.69) is 0 Å². The van der Waals surface area contributed by atoms with Crippen LogP contribution in [0.5, 0.6) is 0 Å². The molecule has 0 bridgehead atoms. The Balaban J connectivity index is 1.32. The van der Waals surface area contributed by atoms with E-state index in [1.54, 1.807) is 54.6 Å². The van der Waals surface area contributed by atoms with Crippen molar-refractivity contribution in [1.82, 2.24) is 0 Å². The summed E-state index contributed by atoms with van der Waals surface area (Å²) in [5.74, 6) is -1.92. The lowest BCUT2D eigenvalue weighted by Crippen LogP contribution is -2.29. The van der Waals surface area contributed by atoms with E-state index in [0.717, 1.165) is 4.90 Å². The lowest BCUT2D eigenvalue weighted by Gasteiger charge is -2.14. The second kappa shape index (κ2) is 8.62. The van der Waals surface area contributed by atoms with Crippen LogP contribution in [-0.2, 0) is 9.47 Å². The maximum Gasteiger partial charge on any atom is 0.338 e. The molecule has 31 heavy (non-hydrogen) atoms. The van der Waals surface area contributed by atoms with E-state index in [1.165, 1.54) is 24.3 Å². The van der Waals surface area contributed by atoms with Crippen molar-refractivity contribution in [3.05, 3.63) is 101 Å². The Morgan fingerprint density at radius 1 is 0.613 bits per heavy atom. The van der Waals surface area contributed by atoms with E-state index in [-0.39, 0.29) is 18.8 Å². The van der Waals surface area contributed by atoms with Crippen molar-refractivity contribution in [2.75, 3.05) is 18.1 Å². The van der Waals surface area contributed by atoms with Crippen molar-refractivity contribution in [2.45, 2.75) is 0 Å². The van der Waals surface area contributed by atoms with Crippen LogP contribution in [0.15, 0.2) is 78.9 Å². The van der Waals surface area contributed by atoms with Crippen LogP contribution in [0.25, 0.3) is 0 Å². The zero-order chi connectivity index (χ0) is 21.8. The van der Waals surface area contributed by atoms with E-state index in [0.29, 0.717) is 22.4 Å². The van der Waals surface area contributed by atoms with Gasteiger partial charge in [-0.1, -0.05) is 30.3 Å². The van der Waals surface area contributed by atoms with E-state index in [4.69, 9.17) is 9.47 Å². The minimum absolute atomic E-state index is 0.0768. The summed E-state index contributed by atoms with van der Waals surface area (Å²) in [5, 5.41) is 0. The van der Waals surface area contributed by atoms with Crippen molar-refractivity contribution >= 4 is 29.4 Å². The van der Waals surface area contributed by atoms with Crippen LogP contribution in [0.2, 0.25) is 0 Å². The molecule has 0 saturated heterocycles. The highest BCUT2D eigenvalue weighted by atomic mass is 16.6. The first-order valence-corrected chi connectivity index (χ1v) is 9.53. The molecule has 0 saturated carbocycles. The molecule has 7 nitrogen and oxygen atoms in total. The number of rotatable bonds is 6. The first-order valence-electron chi connectivity index (χ1n) is 9.53. The van der Waals surface area contributed by atoms with Crippen LogP contribution in [0.1, 0.15) is 41.4 Å². The van der Waals surface area contributed by atoms with E-state index in [9.17, 15) is 19.2 Å². The third-order valence-electron chi connectivity index (χ3n) is 4.71. The molecule has 2 amide bonds. The predicted molar refractivity (Wildman–Crippen MR) is 111 cm³/mol. The molecule has 0 aliphatic carbocycles. The predicted octanol–water partition coefficient (Wildman–Crippen LogP) is 3.50. The zero-order valence-electron chi connectivity index (χ0n) is 16.3. The molecule has 1 aliphatic heterocycles. The molecule has 0 spiro atoms. The van der Waals surface area contributed by atoms with Crippen LogP contribution in [0.4, 0.5) is 5.69 Å². The van der Waals surface area contributed by atoms with Crippen LogP contribution >= 0.6 is 0 Å². The van der Waals surface area contributed by atoms with Crippen LogP contribution in [-0.4, -0.2) is 37.0 Å². The standard InChI is InChI=1S/C24H17NO6/c26-21-19-8-4-5-9-20(19)22(27)25(21)18-12-10-17(11-13-18)24(29)31-15-14-30-23(28)16-6-2-1-3-7-16/h1-13H,14-15H2. The highest BCUT2D eigenvalue weighted by molar-refractivity contribution is 6.34. The highest BCUT2D eigenvalue weighted by Gasteiger charge is 2.36. The third kappa shape index (κ3) is 4.06. The maximum atomic E-state index is 12.5. The quantitative estimate of drug-likeness (QED) is 0.348. The summed E-state index contributed by atoms with van der Waals surface area (Å²) in [6, 6.07) is 21.1. The molecular formula is C24H17NO6. The van der Waals surface area contributed by atoms with Gasteiger partial charge in [-0.15, -0.1) is 0 Å². The van der Waals surface area contributed by atoms with E-state index < -0.39 is 23.8 Å². The zero-order valence-corrected chi connectivity index (χ0v) is 16.3. The van der Waals surface area contributed by atoms with Gasteiger partial charge in [-0.05, 0) is 48.5 Å². The van der Waals surface area contributed by atoms with Gasteiger partial charge in [0.2, 0.25) is 0 Å². The number of amides is 2. The molecule has 1 aliphatic rings. The number of hydrogen-bond acceptors (Lipinski definition) is 6. The van der Waals surface area contributed by atoms with Crippen molar-refractivity contribution in [1.29, 1.82) is 0 Å². The molecule has 0 atom stereocenters. The molecule has 0 fully saturated rings. The fraction of sp³-hybridized carbons (Fsp3) is 0.0833. The van der Waals surface area contributed by atoms with Gasteiger partial charge in [0.15, 0.2) is 0 Å². The van der Waals surface area contributed by atoms with E-state index in [1.807, 2.05) is 0 Å². The Morgan fingerprint density at radius 2 is 1.06 bits per heavy atom. The second-order valence-electron chi connectivity index (χ2n) is 6.68. The Labute approximate surface area is 177 Å². The molecule has 154 valence electrons. The summed E-state index contributed by atoms with van der Waals surface area (Å²) >= 11 is 0. The number of carbonyl (C=O) groups excluding carboxylic acids is 4. The van der Waals surface area contributed by atoms with E-state index >= 15 is 0 Å². The van der Waals surface area contributed by atoms with Gasteiger partial charge in [-0.3, -0.25) is 9.59 Å². The largest absolute Gasteiger partial charge is 0.458 e. The van der Waals surface area contributed by atoms with Crippen molar-refractivity contribution in [3.63, 3.8) is 0 Å². The summed E-state index contributed by atoms with van der Waals surface area (Å²) in [7, 11) is 0. The van der Waals surface area contributed by atoms with Gasteiger partial charge in [0.1, 0.15) is 13.2 Å². The Hall–Kier alpha value is -4.26. The van der Waals surface area contributed by atoms with Crippen molar-refractivity contribution < 1.29 is 28.7 Å². The summed E-state index contributed by atoms with van der Waals surface area (Å²) in [6.07, 6.45) is 0. The maximum absolute atomic E-state index is 12.5. The fourth-order valence-electron chi connectivity index (χ4n) is 3.18. The van der Waals surface area contributed by atoms with Crippen LogP contribution < -0.4 is 4.90 Å². The summed E-state index contributed by atoms with van der Waals surface area (Å²) in [6.45, 7) is -0.176. The third-order valence-corrected chi connectivity index (χ3v) is 4.71. The summed E-state index contributed by atoms with van der Waals surface area (Å²) in [5.41, 5.74) is 1.72. The van der Waals surface area contributed by atoms with Gasteiger partial charge in [0.25, 0.3) is 11.8 Å². The van der Waals surface area contributed by atoms with Gasteiger partial charge in [0.05, 0.1) is 27.9 Å². The fourth-order valence-corrected chi connectivity index (χ4v) is 3.18. The molecule has 0 radical (unpaired) electrons. The number of carbonyl (C=O) groups is 4. The van der Waals surface area contributed by atoms with Gasteiger partial charge < -0.3 is 9.47 Å². The van der Waals surface area contributed by atoms with Gasteiger partial charge in [-0.25, -0.2) is 14.5 Å². The number of esters is 2. The highest BCUT2D eigenvalue weighted by Crippen LogP contribution is 2.28. The Bertz CT molecular complexity index is 1120. The smallest absolute Gasteiger partial charge is 0.338 e. The molecule has 3 aromatic carbocycles. The number of nitrogens with zero attached hydrogens (tertiary/aromatic N) is 1.